The number of hydrogen-bond acceptors (Lipinski definition) is 2. The fourth-order valence-corrected chi connectivity index (χ4v) is 2.87. The molecule has 2 aliphatic heterocycles. The summed E-state index contributed by atoms with van der Waals surface area (Å²) in [7, 11) is 0. The molecule has 2 saturated heterocycles. The first-order chi connectivity index (χ1) is 7.31. The third kappa shape index (κ3) is 2.51. The second-order valence-electron chi connectivity index (χ2n) is 4.82. The van der Waals surface area contributed by atoms with Crippen LogP contribution in [0.5, 0.6) is 0 Å². The van der Waals surface area contributed by atoms with Gasteiger partial charge in [-0.05, 0) is 32.2 Å². The molecule has 2 heterocycles. The zero-order valence-corrected chi connectivity index (χ0v) is 9.84. The van der Waals surface area contributed by atoms with Crippen LogP contribution in [0.4, 0.5) is 0 Å². The van der Waals surface area contributed by atoms with E-state index in [1.54, 1.807) is 0 Å². The van der Waals surface area contributed by atoms with Crippen LogP contribution in [0.25, 0.3) is 0 Å². The van der Waals surface area contributed by atoms with Crippen molar-refractivity contribution in [3.63, 3.8) is 0 Å². The number of piperidine rings is 1. The fourth-order valence-electron chi connectivity index (χ4n) is 2.87. The number of nitrogens with zero attached hydrogens (tertiary/aromatic N) is 2. The molecule has 0 spiro atoms. The third-order valence-electron chi connectivity index (χ3n) is 3.70. The molecular weight excluding hydrogens is 186 g/mol. The van der Waals surface area contributed by atoms with E-state index in [0.29, 0.717) is 6.04 Å². The highest BCUT2D eigenvalue weighted by molar-refractivity contribution is 5.81. The highest BCUT2D eigenvalue weighted by Gasteiger charge is 2.28. The topological polar surface area (TPSA) is 30.3 Å². The van der Waals surface area contributed by atoms with Gasteiger partial charge in [-0.25, -0.2) is 0 Å². The Kier molecular flexibility index (Phi) is 3.62. The van der Waals surface area contributed by atoms with Gasteiger partial charge >= 0.3 is 0 Å². The predicted octanol–water partition coefficient (Wildman–Crippen LogP) is 1.93. The van der Waals surface area contributed by atoms with E-state index in [-0.39, 0.29) is 0 Å². The number of hydrogen-bond donors (Lipinski definition) is 1. The molecule has 3 heteroatoms. The van der Waals surface area contributed by atoms with Crippen LogP contribution in [0.2, 0.25) is 0 Å². The maximum atomic E-state index is 7.89. The van der Waals surface area contributed by atoms with E-state index in [2.05, 4.69) is 16.7 Å². The Labute approximate surface area is 92.9 Å². The van der Waals surface area contributed by atoms with E-state index in [9.17, 15) is 0 Å². The Morgan fingerprint density at radius 2 is 2.00 bits per heavy atom. The zero-order chi connectivity index (χ0) is 10.7. The average Bonchev–Trinajstić information content (AvgIpc) is 2.66. The van der Waals surface area contributed by atoms with Crippen molar-refractivity contribution in [1.29, 1.82) is 5.41 Å². The maximum Gasteiger partial charge on any atom is 0.0960 e. The van der Waals surface area contributed by atoms with E-state index < -0.39 is 0 Å². The summed E-state index contributed by atoms with van der Waals surface area (Å²) in [4.78, 5) is 4.92. The molecule has 0 aromatic heterocycles. The van der Waals surface area contributed by atoms with E-state index in [1.807, 2.05) is 0 Å². The largest absolute Gasteiger partial charge is 0.357 e. The molecule has 86 valence electrons. The Bertz CT molecular complexity index is 219. The number of likely N-dealkylation sites (tertiary alicyclic amines) is 2. The lowest BCUT2D eigenvalue weighted by Crippen LogP contribution is -2.45. The Balaban J connectivity index is 1.80. The minimum atomic E-state index is 0.674. The molecule has 0 saturated carbocycles. The van der Waals surface area contributed by atoms with E-state index in [1.165, 1.54) is 45.3 Å². The SMILES string of the molecule is CCCN1CCC(N2CCCC2=N)CC1. The molecule has 2 fully saturated rings. The van der Waals surface area contributed by atoms with Crippen molar-refractivity contribution in [2.45, 2.75) is 45.1 Å². The molecule has 0 aliphatic carbocycles. The molecular formula is C12H23N3. The van der Waals surface area contributed by atoms with Crippen molar-refractivity contribution in [1.82, 2.24) is 9.80 Å². The minimum Gasteiger partial charge on any atom is -0.357 e. The van der Waals surface area contributed by atoms with Crippen molar-refractivity contribution < 1.29 is 0 Å². The van der Waals surface area contributed by atoms with Crippen LogP contribution in [-0.4, -0.2) is 47.9 Å². The number of rotatable bonds is 3. The molecule has 0 radical (unpaired) electrons. The quantitative estimate of drug-likeness (QED) is 0.770. The molecule has 0 amide bonds. The summed E-state index contributed by atoms with van der Waals surface area (Å²) in [5, 5.41) is 7.89. The van der Waals surface area contributed by atoms with Gasteiger partial charge in [-0.2, -0.15) is 0 Å². The highest BCUT2D eigenvalue weighted by atomic mass is 15.2. The average molecular weight is 209 g/mol. The van der Waals surface area contributed by atoms with Crippen LogP contribution in [0.1, 0.15) is 39.0 Å². The predicted molar refractivity (Wildman–Crippen MR) is 63.4 cm³/mol. The lowest BCUT2D eigenvalue weighted by molar-refractivity contribution is 0.158. The van der Waals surface area contributed by atoms with Gasteiger partial charge in [0.2, 0.25) is 0 Å². The zero-order valence-electron chi connectivity index (χ0n) is 9.84. The van der Waals surface area contributed by atoms with E-state index in [0.717, 1.165) is 18.8 Å². The molecule has 0 bridgehead atoms. The van der Waals surface area contributed by atoms with Gasteiger partial charge in [0, 0.05) is 32.1 Å². The summed E-state index contributed by atoms with van der Waals surface area (Å²) in [5.74, 6) is 0.893. The summed E-state index contributed by atoms with van der Waals surface area (Å²) < 4.78 is 0. The van der Waals surface area contributed by atoms with Crippen LogP contribution in [-0.2, 0) is 0 Å². The molecule has 0 aromatic rings. The van der Waals surface area contributed by atoms with Crippen molar-refractivity contribution >= 4 is 5.84 Å². The lowest BCUT2D eigenvalue weighted by Gasteiger charge is -2.37. The van der Waals surface area contributed by atoms with Crippen LogP contribution in [0, 0.1) is 5.41 Å². The normalized spacial score (nSPS) is 25.1. The smallest absolute Gasteiger partial charge is 0.0960 e. The van der Waals surface area contributed by atoms with Gasteiger partial charge in [-0.15, -0.1) is 0 Å². The molecule has 2 aliphatic rings. The number of nitrogens with one attached hydrogen (secondary N) is 1. The van der Waals surface area contributed by atoms with Crippen LogP contribution in [0.15, 0.2) is 0 Å². The van der Waals surface area contributed by atoms with Gasteiger partial charge in [0.25, 0.3) is 0 Å². The minimum absolute atomic E-state index is 0.674. The van der Waals surface area contributed by atoms with Gasteiger partial charge in [-0.1, -0.05) is 6.92 Å². The van der Waals surface area contributed by atoms with E-state index >= 15 is 0 Å². The molecule has 3 nitrogen and oxygen atoms in total. The van der Waals surface area contributed by atoms with Crippen LogP contribution >= 0.6 is 0 Å². The summed E-state index contributed by atoms with van der Waals surface area (Å²) in [6, 6.07) is 0.674. The van der Waals surface area contributed by atoms with Gasteiger partial charge in [0.05, 0.1) is 5.84 Å². The van der Waals surface area contributed by atoms with E-state index in [4.69, 9.17) is 5.41 Å². The first kappa shape index (κ1) is 10.9. The second-order valence-corrected chi connectivity index (χ2v) is 4.82. The molecule has 0 aromatic carbocycles. The van der Waals surface area contributed by atoms with Crippen molar-refractivity contribution in [3.05, 3.63) is 0 Å². The molecule has 1 N–H and O–H groups in total. The lowest BCUT2D eigenvalue weighted by atomic mass is 10.0. The summed E-state index contributed by atoms with van der Waals surface area (Å²) in [5.41, 5.74) is 0. The number of amidine groups is 1. The third-order valence-corrected chi connectivity index (χ3v) is 3.70. The summed E-state index contributed by atoms with van der Waals surface area (Å²) in [6.45, 7) is 7.12. The van der Waals surface area contributed by atoms with Crippen molar-refractivity contribution in [2.24, 2.45) is 0 Å². The van der Waals surface area contributed by atoms with Crippen LogP contribution < -0.4 is 0 Å². The molecule has 0 atom stereocenters. The van der Waals surface area contributed by atoms with Gasteiger partial charge in [0.15, 0.2) is 0 Å². The maximum absolute atomic E-state index is 7.89. The summed E-state index contributed by atoms with van der Waals surface area (Å²) in [6.07, 6.45) is 6.01. The van der Waals surface area contributed by atoms with Crippen molar-refractivity contribution in [2.75, 3.05) is 26.2 Å². The molecule has 0 unspecified atom stereocenters. The monoisotopic (exact) mass is 209 g/mol. The Hall–Kier alpha value is -0.570. The standard InChI is InChI=1S/C12H23N3/c1-2-7-14-9-5-11(6-10-14)15-8-3-4-12(15)13/h11,13H,2-10H2,1H3. The molecule has 15 heavy (non-hydrogen) atoms. The van der Waals surface area contributed by atoms with Gasteiger partial charge in [-0.3, -0.25) is 5.41 Å². The van der Waals surface area contributed by atoms with Gasteiger partial charge in [0.1, 0.15) is 0 Å². The first-order valence-electron chi connectivity index (χ1n) is 6.37. The van der Waals surface area contributed by atoms with Crippen LogP contribution in [0.3, 0.4) is 0 Å². The first-order valence-corrected chi connectivity index (χ1v) is 6.37. The highest BCUT2D eigenvalue weighted by Crippen LogP contribution is 2.22. The fraction of sp³-hybridized carbons (Fsp3) is 0.917. The summed E-state index contributed by atoms with van der Waals surface area (Å²) >= 11 is 0. The Morgan fingerprint density at radius 1 is 1.27 bits per heavy atom. The van der Waals surface area contributed by atoms with Gasteiger partial charge < -0.3 is 9.80 Å². The van der Waals surface area contributed by atoms with Crippen molar-refractivity contribution in [3.8, 4) is 0 Å². The molecule has 2 rings (SSSR count). The second kappa shape index (κ2) is 4.97. The Morgan fingerprint density at radius 3 is 2.53 bits per heavy atom.